The summed E-state index contributed by atoms with van der Waals surface area (Å²) in [6.45, 7) is 3.81. The molecule has 18 heavy (non-hydrogen) atoms. The lowest BCUT2D eigenvalue weighted by atomic mass is 10.1. The van der Waals surface area contributed by atoms with Crippen molar-refractivity contribution >= 4 is 11.6 Å². The van der Waals surface area contributed by atoms with Gasteiger partial charge in [0.25, 0.3) is 0 Å². The van der Waals surface area contributed by atoms with Gasteiger partial charge in [0.15, 0.2) is 0 Å². The van der Waals surface area contributed by atoms with Crippen LogP contribution in [0, 0.1) is 0 Å². The summed E-state index contributed by atoms with van der Waals surface area (Å²) in [6.07, 6.45) is 0.255. The molecule has 1 N–H and O–H groups in total. The molecule has 0 saturated carbocycles. The fraction of sp³-hybridized carbons (Fsp3) is 0.500. The number of hydrogen-bond acceptors (Lipinski definition) is 3. The van der Waals surface area contributed by atoms with Crippen molar-refractivity contribution in [1.82, 2.24) is 4.90 Å². The predicted octanol–water partition coefficient (Wildman–Crippen LogP) is 0.888. The zero-order valence-electron chi connectivity index (χ0n) is 11.0. The number of likely N-dealkylation sites (N-methyl/N-ethyl adjacent to an activating group) is 1. The fourth-order valence-corrected chi connectivity index (χ4v) is 2.27. The summed E-state index contributed by atoms with van der Waals surface area (Å²) in [6, 6.07) is 7.99. The third-order valence-corrected chi connectivity index (χ3v) is 3.30. The molecule has 0 radical (unpaired) electrons. The predicted molar refractivity (Wildman–Crippen MR) is 71.7 cm³/mol. The molecule has 1 fully saturated rings. The van der Waals surface area contributed by atoms with Gasteiger partial charge in [0.2, 0.25) is 5.91 Å². The van der Waals surface area contributed by atoms with Gasteiger partial charge in [0.1, 0.15) is 0 Å². The first-order valence-electron chi connectivity index (χ1n) is 6.33. The average molecular weight is 248 g/mol. The Morgan fingerprint density at radius 3 is 2.72 bits per heavy atom. The van der Waals surface area contributed by atoms with Crippen LogP contribution in [0.2, 0.25) is 0 Å². The molecule has 0 aromatic heterocycles. The average Bonchev–Trinajstić information content (AvgIpc) is 2.33. The quantitative estimate of drug-likeness (QED) is 0.864. The molecule has 2 rings (SSSR count). The molecule has 1 aromatic rings. The first kappa shape index (κ1) is 12.9. The van der Waals surface area contributed by atoms with Gasteiger partial charge in [-0.2, -0.15) is 0 Å². The zero-order chi connectivity index (χ0) is 13.1. The fourth-order valence-electron chi connectivity index (χ4n) is 2.27. The van der Waals surface area contributed by atoms with Crippen LogP contribution >= 0.6 is 0 Å². The van der Waals surface area contributed by atoms with Gasteiger partial charge in [-0.15, -0.1) is 0 Å². The molecular weight excluding hydrogens is 228 g/mol. The third kappa shape index (κ3) is 2.82. The Morgan fingerprint density at radius 1 is 1.33 bits per heavy atom. The second kappa shape index (κ2) is 5.40. The largest absolute Gasteiger partial charge is 0.393 e. The number of hydrogen-bond donors (Lipinski definition) is 1. The molecule has 4 nitrogen and oxygen atoms in total. The molecule has 0 bridgehead atoms. The Balaban J connectivity index is 2.20. The van der Waals surface area contributed by atoms with E-state index >= 15 is 0 Å². The highest BCUT2D eigenvalue weighted by molar-refractivity contribution is 5.83. The maximum Gasteiger partial charge on any atom is 0.241 e. The van der Waals surface area contributed by atoms with Crippen molar-refractivity contribution in [2.24, 2.45) is 0 Å². The summed E-state index contributed by atoms with van der Waals surface area (Å²) in [7, 11) is 1.83. The summed E-state index contributed by atoms with van der Waals surface area (Å²) in [5.74, 6) is 0.146. The normalized spacial score (nSPS) is 18.1. The smallest absolute Gasteiger partial charge is 0.241 e. The number of nitrogens with zero attached hydrogens (tertiary/aromatic N) is 2. The van der Waals surface area contributed by atoms with Crippen molar-refractivity contribution in [2.75, 3.05) is 31.6 Å². The van der Waals surface area contributed by atoms with Crippen LogP contribution in [0.3, 0.4) is 0 Å². The summed E-state index contributed by atoms with van der Waals surface area (Å²) < 4.78 is 0. The molecule has 1 aromatic carbocycles. The summed E-state index contributed by atoms with van der Waals surface area (Å²) in [5.41, 5.74) is 2.17. The second-order valence-electron chi connectivity index (χ2n) is 4.92. The van der Waals surface area contributed by atoms with Gasteiger partial charge >= 0.3 is 0 Å². The van der Waals surface area contributed by atoms with E-state index in [4.69, 9.17) is 0 Å². The SMILES string of the molecule is CC(O)Cc1ccccc1N1CCN(C)C(=O)C1. The maximum atomic E-state index is 11.7. The topological polar surface area (TPSA) is 43.8 Å². The highest BCUT2D eigenvalue weighted by atomic mass is 16.3. The molecule has 4 heteroatoms. The third-order valence-electron chi connectivity index (χ3n) is 3.30. The monoisotopic (exact) mass is 248 g/mol. The van der Waals surface area contributed by atoms with Crippen molar-refractivity contribution < 1.29 is 9.90 Å². The molecule has 0 spiro atoms. The van der Waals surface area contributed by atoms with Crippen LogP contribution in [0.25, 0.3) is 0 Å². The number of anilines is 1. The van der Waals surface area contributed by atoms with Crippen molar-refractivity contribution in [1.29, 1.82) is 0 Å². The van der Waals surface area contributed by atoms with E-state index in [2.05, 4.69) is 4.90 Å². The van der Waals surface area contributed by atoms with Gasteiger partial charge in [-0.3, -0.25) is 4.79 Å². The van der Waals surface area contributed by atoms with E-state index in [0.29, 0.717) is 13.0 Å². The lowest BCUT2D eigenvalue weighted by Gasteiger charge is -2.34. The number of benzene rings is 1. The van der Waals surface area contributed by atoms with Crippen molar-refractivity contribution in [2.45, 2.75) is 19.4 Å². The van der Waals surface area contributed by atoms with Gasteiger partial charge in [-0.1, -0.05) is 18.2 Å². The first-order valence-corrected chi connectivity index (χ1v) is 6.33. The van der Waals surface area contributed by atoms with E-state index in [-0.39, 0.29) is 12.0 Å². The van der Waals surface area contributed by atoms with Gasteiger partial charge in [0, 0.05) is 32.2 Å². The van der Waals surface area contributed by atoms with E-state index in [9.17, 15) is 9.90 Å². The molecule has 1 aliphatic heterocycles. The molecule has 1 aliphatic rings. The highest BCUT2D eigenvalue weighted by Crippen LogP contribution is 2.23. The summed E-state index contributed by atoms with van der Waals surface area (Å²) in [4.78, 5) is 15.6. The minimum atomic E-state index is -0.366. The standard InChI is InChI=1S/C14H20N2O2/c1-11(17)9-12-5-3-4-6-13(12)16-8-7-15(2)14(18)10-16/h3-6,11,17H,7-10H2,1-2H3. The lowest BCUT2D eigenvalue weighted by molar-refractivity contribution is -0.129. The Hall–Kier alpha value is -1.55. The number of rotatable bonds is 3. The number of piperazine rings is 1. The number of amides is 1. The molecule has 1 heterocycles. The Kier molecular flexibility index (Phi) is 3.87. The van der Waals surface area contributed by atoms with E-state index in [1.54, 1.807) is 11.8 Å². The van der Waals surface area contributed by atoms with Gasteiger partial charge in [0.05, 0.1) is 12.6 Å². The van der Waals surface area contributed by atoms with E-state index in [1.165, 1.54) is 0 Å². The number of para-hydroxylation sites is 1. The number of aliphatic hydroxyl groups excluding tert-OH is 1. The van der Waals surface area contributed by atoms with Gasteiger partial charge < -0.3 is 14.9 Å². The van der Waals surface area contributed by atoms with Crippen molar-refractivity contribution in [3.8, 4) is 0 Å². The number of carbonyl (C=O) groups is 1. The number of carbonyl (C=O) groups excluding carboxylic acids is 1. The van der Waals surface area contributed by atoms with E-state index < -0.39 is 0 Å². The molecule has 98 valence electrons. The van der Waals surface area contributed by atoms with Crippen LogP contribution in [0.1, 0.15) is 12.5 Å². The Bertz CT molecular complexity index is 432. The van der Waals surface area contributed by atoms with Crippen LogP contribution in [0.4, 0.5) is 5.69 Å². The Morgan fingerprint density at radius 2 is 2.06 bits per heavy atom. The summed E-state index contributed by atoms with van der Waals surface area (Å²) >= 11 is 0. The molecule has 1 amide bonds. The minimum Gasteiger partial charge on any atom is -0.393 e. The molecule has 1 unspecified atom stereocenters. The summed E-state index contributed by atoms with van der Waals surface area (Å²) in [5, 5.41) is 9.53. The molecular formula is C14H20N2O2. The van der Waals surface area contributed by atoms with E-state index in [1.807, 2.05) is 31.3 Å². The molecule has 1 saturated heterocycles. The van der Waals surface area contributed by atoms with E-state index in [0.717, 1.165) is 24.3 Å². The van der Waals surface area contributed by atoms with Crippen LogP contribution in [0.15, 0.2) is 24.3 Å². The zero-order valence-corrected chi connectivity index (χ0v) is 11.0. The minimum absolute atomic E-state index is 0.146. The van der Waals surface area contributed by atoms with Crippen molar-refractivity contribution in [3.05, 3.63) is 29.8 Å². The highest BCUT2D eigenvalue weighted by Gasteiger charge is 2.22. The first-order chi connectivity index (χ1) is 8.58. The van der Waals surface area contributed by atoms with Crippen LogP contribution in [-0.4, -0.2) is 48.7 Å². The number of aliphatic hydroxyl groups is 1. The maximum absolute atomic E-state index is 11.7. The van der Waals surface area contributed by atoms with Crippen LogP contribution in [-0.2, 0) is 11.2 Å². The van der Waals surface area contributed by atoms with Crippen LogP contribution in [0.5, 0.6) is 0 Å². The van der Waals surface area contributed by atoms with Gasteiger partial charge in [-0.05, 0) is 18.6 Å². The molecule has 1 atom stereocenters. The van der Waals surface area contributed by atoms with Gasteiger partial charge in [-0.25, -0.2) is 0 Å². The lowest BCUT2D eigenvalue weighted by Crippen LogP contribution is -2.48. The molecule has 0 aliphatic carbocycles. The Labute approximate surface area is 108 Å². The van der Waals surface area contributed by atoms with Crippen LogP contribution < -0.4 is 4.90 Å². The van der Waals surface area contributed by atoms with Crippen molar-refractivity contribution in [3.63, 3.8) is 0 Å². The second-order valence-corrected chi connectivity index (χ2v) is 4.92.